The fraction of sp³-hybridized carbons (Fsp3) is 0.500. The van der Waals surface area contributed by atoms with E-state index in [9.17, 15) is 4.79 Å². The fourth-order valence-corrected chi connectivity index (χ4v) is 1.98. The quantitative estimate of drug-likeness (QED) is 0.859. The van der Waals surface area contributed by atoms with Crippen LogP contribution in [0.5, 0.6) is 0 Å². The highest BCUT2D eigenvalue weighted by molar-refractivity contribution is 5.87. The highest BCUT2D eigenvalue weighted by Gasteiger charge is 2.22. The number of nitrogens with zero attached hydrogens (tertiary/aromatic N) is 2. The van der Waals surface area contributed by atoms with Crippen LogP contribution in [0.4, 0.5) is 5.82 Å². The van der Waals surface area contributed by atoms with Gasteiger partial charge in [0.2, 0.25) is 0 Å². The molecular weight excluding hydrogens is 220 g/mol. The first-order valence-corrected chi connectivity index (χ1v) is 5.76. The van der Waals surface area contributed by atoms with E-state index in [1.165, 1.54) is 6.20 Å². The monoisotopic (exact) mass is 236 g/mol. The van der Waals surface area contributed by atoms with Gasteiger partial charge in [0.05, 0.1) is 24.8 Å². The third-order valence-corrected chi connectivity index (χ3v) is 2.99. The van der Waals surface area contributed by atoms with Crippen molar-refractivity contribution in [3.8, 4) is 0 Å². The van der Waals surface area contributed by atoms with Crippen molar-refractivity contribution < 1.29 is 14.6 Å². The molecule has 1 N–H and O–H groups in total. The molecule has 0 saturated carbocycles. The van der Waals surface area contributed by atoms with Crippen molar-refractivity contribution in [2.45, 2.75) is 19.4 Å². The Morgan fingerprint density at radius 2 is 2.47 bits per heavy atom. The maximum atomic E-state index is 10.7. The highest BCUT2D eigenvalue weighted by atomic mass is 16.5. The molecule has 17 heavy (non-hydrogen) atoms. The number of carboxylic acid groups (broad SMARTS) is 1. The lowest BCUT2D eigenvalue weighted by Crippen LogP contribution is -2.45. The fourth-order valence-electron chi connectivity index (χ4n) is 1.98. The van der Waals surface area contributed by atoms with Crippen molar-refractivity contribution in [1.82, 2.24) is 4.98 Å². The van der Waals surface area contributed by atoms with E-state index in [4.69, 9.17) is 9.84 Å². The summed E-state index contributed by atoms with van der Waals surface area (Å²) in [5, 5.41) is 8.81. The van der Waals surface area contributed by atoms with Gasteiger partial charge in [-0.3, -0.25) is 0 Å². The van der Waals surface area contributed by atoms with Crippen LogP contribution in [0.3, 0.4) is 0 Å². The summed E-state index contributed by atoms with van der Waals surface area (Å²) in [6, 6.07) is 3.68. The molecule has 1 fully saturated rings. The Morgan fingerprint density at radius 1 is 1.65 bits per heavy atom. The van der Waals surface area contributed by atoms with Gasteiger partial charge in [-0.15, -0.1) is 0 Å². The Bertz CT molecular complexity index is 391. The summed E-state index contributed by atoms with van der Waals surface area (Å²) in [7, 11) is 0. The largest absolute Gasteiger partial charge is 0.478 e. The molecule has 1 aromatic rings. The Hall–Kier alpha value is -1.62. The summed E-state index contributed by atoms with van der Waals surface area (Å²) in [5.41, 5.74) is 0.218. The van der Waals surface area contributed by atoms with Crippen LogP contribution in [0.2, 0.25) is 0 Å². The van der Waals surface area contributed by atoms with E-state index in [0.717, 1.165) is 18.8 Å². The third-order valence-electron chi connectivity index (χ3n) is 2.99. The topological polar surface area (TPSA) is 62.7 Å². The number of anilines is 1. The van der Waals surface area contributed by atoms with Crippen molar-refractivity contribution in [2.24, 2.45) is 0 Å². The van der Waals surface area contributed by atoms with Crippen LogP contribution in [0.15, 0.2) is 18.3 Å². The lowest BCUT2D eigenvalue weighted by atomic mass is 10.1. The second-order valence-corrected chi connectivity index (χ2v) is 4.04. The van der Waals surface area contributed by atoms with E-state index in [1.807, 2.05) is 0 Å². The summed E-state index contributed by atoms with van der Waals surface area (Å²) in [6.07, 6.45) is 2.39. The van der Waals surface area contributed by atoms with Gasteiger partial charge in [0.25, 0.3) is 0 Å². The summed E-state index contributed by atoms with van der Waals surface area (Å²) in [6.45, 7) is 4.31. The minimum Gasteiger partial charge on any atom is -0.478 e. The molecule has 1 aliphatic rings. The molecule has 0 aliphatic carbocycles. The van der Waals surface area contributed by atoms with Crippen LogP contribution in [0.25, 0.3) is 0 Å². The molecule has 0 amide bonds. The van der Waals surface area contributed by atoms with Crippen molar-refractivity contribution in [2.75, 3.05) is 24.7 Å². The van der Waals surface area contributed by atoms with Gasteiger partial charge >= 0.3 is 5.97 Å². The maximum Gasteiger partial charge on any atom is 0.337 e. The molecule has 1 atom stereocenters. The number of morpholine rings is 1. The Labute approximate surface area is 100 Å². The molecule has 2 heterocycles. The second-order valence-electron chi connectivity index (χ2n) is 4.04. The minimum absolute atomic E-state index is 0.218. The van der Waals surface area contributed by atoms with E-state index >= 15 is 0 Å². The van der Waals surface area contributed by atoms with Crippen molar-refractivity contribution in [3.63, 3.8) is 0 Å². The first-order valence-electron chi connectivity index (χ1n) is 5.76. The van der Waals surface area contributed by atoms with Gasteiger partial charge in [0, 0.05) is 12.7 Å². The molecule has 5 nitrogen and oxygen atoms in total. The molecular formula is C12H16N2O3. The number of hydrogen-bond donors (Lipinski definition) is 1. The Kier molecular flexibility index (Phi) is 3.58. The number of pyridine rings is 1. The van der Waals surface area contributed by atoms with Gasteiger partial charge in [-0.1, -0.05) is 6.92 Å². The first kappa shape index (κ1) is 11.9. The molecule has 0 bridgehead atoms. The normalized spacial score (nSPS) is 20.3. The standard InChI is InChI=1S/C12H16N2O3/c1-2-10-8-17-6-5-14(10)11-4-3-9(7-13-11)12(15)16/h3-4,7,10H,2,5-6,8H2,1H3,(H,15,16). The lowest BCUT2D eigenvalue weighted by molar-refractivity contribution is 0.0696. The smallest absolute Gasteiger partial charge is 0.337 e. The summed E-state index contributed by atoms with van der Waals surface area (Å²) in [5.74, 6) is -0.122. The van der Waals surface area contributed by atoms with Crippen molar-refractivity contribution in [1.29, 1.82) is 0 Å². The molecule has 92 valence electrons. The van der Waals surface area contributed by atoms with Gasteiger partial charge in [-0.25, -0.2) is 9.78 Å². The average molecular weight is 236 g/mol. The van der Waals surface area contributed by atoms with Crippen molar-refractivity contribution in [3.05, 3.63) is 23.9 Å². The van der Waals surface area contributed by atoms with E-state index < -0.39 is 5.97 Å². The number of aromatic carboxylic acids is 1. The molecule has 0 aromatic carbocycles. The Balaban J connectivity index is 2.17. The molecule has 2 rings (SSSR count). The first-order chi connectivity index (χ1) is 8.22. The van der Waals surface area contributed by atoms with Crippen LogP contribution < -0.4 is 4.90 Å². The summed E-state index contributed by atoms with van der Waals surface area (Å²) >= 11 is 0. The number of rotatable bonds is 3. The number of hydrogen-bond acceptors (Lipinski definition) is 4. The number of carboxylic acids is 1. The molecule has 1 aromatic heterocycles. The zero-order valence-electron chi connectivity index (χ0n) is 9.80. The zero-order chi connectivity index (χ0) is 12.3. The number of ether oxygens (including phenoxy) is 1. The lowest BCUT2D eigenvalue weighted by Gasteiger charge is -2.35. The van der Waals surface area contributed by atoms with Gasteiger partial charge < -0.3 is 14.7 Å². The number of aromatic nitrogens is 1. The maximum absolute atomic E-state index is 10.7. The average Bonchev–Trinajstić information content (AvgIpc) is 2.39. The summed E-state index contributed by atoms with van der Waals surface area (Å²) in [4.78, 5) is 17.1. The van der Waals surface area contributed by atoms with Crippen LogP contribution in [0.1, 0.15) is 23.7 Å². The minimum atomic E-state index is -0.946. The van der Waals surface area contributed by atoms with Gasteiger partial charge in [0.15, 0.2) is 0 Å². The molecule has 1 unspecified atom stereocenters. The highest BCUT2D eigenvalue weighted by Crippen LogP contribution is 2.19. The molecule has 1 aliphatic heterocycles. The molecule has 0 spiro atoms. The van der Waals surface area contributed by atoms with Gasteiger partial charge in [0.1, 0.15) is 5.82 Å². The van der Waals surface area contributed by atoms with E-state index in [1.54, 1.807) is 12.1 Å². The molecule has 0 radical (unpaired) electrons. The predicted molar refractivity (Wildman–Crippen MR) is 63.4 cm³/mol. The molecule has 1 saturated heterocycles. The van der Waals surface area contributed by atoms with E-state index in [2.05, 4.69) is 16.8 Å². The summed E-state index contributed by atoms with van der Waals surface area (Å²) < 4.78 is 5.42. The SMILES string of the molecule is CCC1COCCN1c1ccc(C(=O)O)cn1. The van der Waals surface area contributed by atoms with Gasteiger partial charge in [-0.05, 0) is 18.6 Å². The predicted octanol–water partition coefficient (Wildman–Crippen LogP) is 1.40. The van der Waals surface area contributed by atoms with Crippen LogP contribution in [0, 0.1) is 0 Å². The van der Waals surface area contributed by atoms with Gasteiger partial charge in [-0.2, -0.15) is 0 Å². The molecule has 5 heteroatoms. The Morgan fingerprint density at radius 3 is 3.06 bits per heavy atom. The second kappa shape index (κ2) is 5.14. The van der Waals surface area contributed by atoms with Crippen LogP contribution in [-0.4, -0.2) is 41.9 Å². The zero-order valence-corrected chi connectivity index (χ0v) is 9.80. The van der Waals surface area contributed by atoms with Crippen molar-refractivity contribution >= 4 is 11.8 Å². The van der Waals surface area contributed by atoms with E-state index in [0.29, 0.717) is 19.3 Å². The van der Waals surface area contributed by atoms with E-state index in [-0.39, 0.29) is 5.56 Å². The third kappa shape index (κ3) is 2.55. The number of carbonyl (C=O) groups is 1. The van der Waals surface area contributed by atoms with Crippen LogP contribution in [-0.2, 0) is 4.74 Å². The van der Waals surface area contributed by atoms with Crippen LogP contribution >= 0.6 is 0 Å².